The molecule has 0 bridgehead atoms. The first kappa shape index (κ1) is 21.4. The molecule has 0 spiro atoms. The van der Waals surface area contributed by atoms with E-state index in [0.29, 0.717) is 52.9 Å². The minimum atomic E-state index is -0.536. The number of para-hydroxylation sites is 1. The lowest BCUT2D eigenvalue weighted by Crippen LogP contribution is -2.70. The van der Waals surface area contributed by atoms with Gasteiger partial charge in [-0.2, -0.15) is 0 Å². The molecule has 2 aromatic carbocycles. The van der Waals surface area contributed by atoms with Crippen molar-refractivity contribution in [2.75, 3.05) is 18.5 Å². The maximum Gasteiger partial charge on any atom is 0.323 e. The predicted octanol–water partition coefficient (Wildman–Crippen LogP) is 2.80. The van der Waals surface area contributed by atoms with E-state index in [2.05, 4.69) is 22.2 Å². The van der Waals surface area contributed by atoms with Crippen molar-refractivity contribution in [3.8, 4) is 5.75 Å². The Morgan fingerprint density at radius 1 is 1.36 bits per heavy atom. The van der Waals surface area contributed by atoms with Crippen molar-refractivity contribution < 1.29 is 15.0 Å². The number of urea groups is 1. The summed E-state index contributed by atoms with van der Waals surface area (Å²) in [5.41, 5.74) is 7.74. The largest absolute Gasteiger partial charge is 0.630 e. The van der Waals surface area contributed by atoms with Gasteiger partial charge in [0.1, 0.15) is 11.4 Å². The minimum absolute atomic E-state index is 0.242. The molecular formula is C19H22ClN5O3. The number of hydrogen-bond acceptors (Lipinski definition) is 5. The standard InChI is InChI=1S/C19H22ClN5O3/c1-13(12-22-15-5-2-3-6-16(15)25-27)23-19(26)24-17-11-14(20)7-8-18(17)28-10-4-9-21/h2-3,5-8,11-12H,1,4,9-10,21,25H2,(H2,23,24,26). The number of nitrogens with two attached hydrogens (primary N) is 2. The Kier molecular flexibility index (Phi) is 8.44. The van der Waals surface area contributed by atoms with Gasteiger partial charge in [-0.1, -0.05) is 30.3 Å². The van der Waals surface area contributed by atoms with E-state index in [9.17, 15) is 10.0 Å². The van der Waals surface area contributed by atoms with Crippen molar-refractivity contribution in [3.05, 3.63) is 65.0 Å². The third-order valence-electron chi connectivity index (χ3n) is 3.49. The summed E-state index contributed by atoms with van der Waals surface area (Å²) in [5.74, 6) is 0.479. The smallest absolute Gasteiger partial charge is 0.323 e. The summed E-state index contributed by atoms with van der Waals surface area (Å²) < 4.78 is 5.61. The molecule has 0 heterocycles. The monoisotopic (exact) mass is 403 g/mol. The van der Waals surface area contributed by atoms with Crippen LogP contribution in [0.4, 0.5) is 21.9 Å². The van der Waals surface area contributed by atoms with Gasteiger partial charge in [-0.15, -0.1) is 0 Å². The van der Waals surface area contributed by atoms with Gasteiger partial charge in [0.2, 0.25) is 0 Å². The number of nitrogens with zero attached hydrogens (tertiary/aromatic N) is 1. The van der Waals surface area contributed by atoms with Crippen molar-refractivity contribution in [2.45, 2.75) is 6.42 Å². The third kappa shape index (κ3) is 6.67. The summed E-state index contributed by atoms with van der Waals surface area (Å²) in [4.78, 5) is 16.4. The van der Waals surface area contributed by atoms with Crippen LogP contribution >= 0.6 is 11.6 Å². The Hall–Kier alpha value is -2.91. The molecule has 0 atom stereocenters. The van der Waals surface area contributed by atoms with E-state index in [0.717, 1.165) is 0 Å². The number of carbonyl (C=O) groups is 1. The number of quaternary nitrogens is 1. The average molecular weight is 404 g/mol. The van der Waals surface area contributed by atoms with Crippen LogP contribution in [0.15, 0.2) is 59.7 Å². The van der Waals surface area contributed by atoms with Crippen LogP contribution in [0, 0.1) is 5.21 Å². The predicted molar refractivity (Wildman–Crippen MR) is 111 cm³/mol. The Morgan fingerprint density at radius 3 is 2.89 bits per heavy atom. The number of carbonyl (C=O) groups excluding carboxylic acids is 1. The molecule has 0 aromatic heterocycles. The number of amides is 2. The van der Waals surface area contributed by atoms with Gasteiger partial charge in [0.15, 0.2) is 5.69 Å². The van der Waals surface area contributed by atoms with Crippen LogP contribution in [0.1, 0.15) is 6.42 Å². The molecule has 6 N–H and O–H groups in total. The first-order valence-corrected chi connectivity index (χ1v) is 8.89. The zero-order valence-electron chi connectivity index (χ0n) is 15.2. The van der Waals surface area contributed by atoms with E-state index in [1.807, 2.05) is 0 Å². The molecule has 0 saturated carbocycles. The number of anilines is 1. The molecule has 0 saturated heterocycles. The summed E-state index contributed by atoms with van der Waals surface area (Å²) in [5, 5.41) is 16.7. The van der Waals surface area contributed by atoms with E-state index < -0.39 is 6.03 Å². The van der Waals surface area contributed by atoms with Crippen LogP contribution < -0.4 is 26.6 Å². The van der Waals surface area contributed by atoms with E-state index in [1.54, 1.807) is 42.5 Å². The molecule has 148 valence electrons. The van der Waals surface area contributed by atoms with Gasteiger partial charge in [0, 0.05) is 11.1 Å². The first-order chi connectivity index (χ1) is 13.5. The topological polar surface area (TPSA) is 128 Å². The molecule has 9 heteroatoms. The SMILES string of the molecule is C=C(C=Nc1ccccc1[NH2+][O-])NC(=O)Nc1cc(Cl)ccc1OCCCN. The number of aliphatic imine (C=N–C) groups is 1. The summed E-state index contributed by atoms with van der Waals surface area (Å²) in [7, 11) is 0. The number of ether oxygens (including phenoxy) is 1. The summed E-state index contributed by atoms with van der Waals surface area (Å²) in [6, 6.07) is 11.2. The third-order valence-corrected chi connectivity index (χ3v) is 3.73. The Balaban J connectivity index is 1.98. The van der Waals surface area contributed by atoms with E-state index in [4.69, 9.17) is 22.1 Å². The van der Waals surface area contributed by atoms with E-state index in [-0.39, 0.29) is 5.70 Å². The number of hydrogen-bond donors (Lipinski definition) is 4. The molecule has 0 unspecified atom stereocenters. The van der Waals surface area contributed by atoms with Gasteiger partial charge in [0.25, 0.3) is 0 Å². The quantitative estimate of drug-likeness (QED) is 0.222. The maximum absolute atomic E-state index is 12.2. The maximum atomic E-state index is 12.2. The van der Waals surface area contributed by atoms with Gasteiger partial charge < -0.3 is 31.8 Å². The van der Waals surface area contributed by atoms with Crippen LogP contribution in [0.3, 0.4) is 0 Å². The zero-order valence-corrected chi connectivity index (χ0v) is 15.9. The van der Waals surface area contributed by atoms with E-state index in [1.165, 1.54) is 6.21 Å². The summed E-state index contributed by atoms with van der Waals surface area (Å²) in [6.07, 6.45) is 2.04. The Morgan fingerprint density at radius 2 is 2.14 bits per heavy atom. The fourth-order valence-corrected chi connectivity index (χ4v) is 2.35. The second kappa shape index (κ2) is 11.1. The Bertz CT molecular complexity index is 857. The van der Waals surface area contributed by atoms with Crippen molar-refractivity contribution in [2.24, 2.45) is 10.7 Å². The number of allylic oxidation sites excluding steroid dienone is 1. The van der Waals surface area contributed by atoms with Crippen LogP contribution in [0.5, 0.6) is 5.75 Å². The lowest BCUT2D eigenvalue weighted by molar-refractivity contribution is -0.496. The number of benzene rings is 2. The second-order valence-electron chi connectivity index (χ2n) is 5.67. The molecule has 0 aliphatic rings. The van der Waals surface area contributed by atoms with E-state index >= 15 is 0 Å². The number of nitrogens with one attached hydrogen (secondary N) is 2. The van der Waals surface area contributed by atoms with Gasteiger partial charge in [-0.25, -0.2) is 9.79 Å². The highest BCUT2D eigenvalue weighted by molar-refractivity contribution is 6.31. The highest BCUT2D eigenvalue weighted by atomic mass is 35.5. The lowest BCUT2D eigenvalue weighted by Gasteiger charge is -2.13. The minimum Gasteiger partial charge on any atom is -0.630 e. The molecule has 2 aromatic rings. The lowest BCUT2D eigenvalue weighted by atomic mass is 10.3. The highest BCUT2D eigenvalue weighted by Gasteiger charge is 2.09. The van der Waals surface area contributed by atoms with Gasteiger partial charge in [0.05, 0.1) is 24.2 Å². The normalized spacial score (nSPS) is 10.7. The van der Waals surface area contributed by atoms with Gasteiger partial charge in [-0.05, 0) is 37.2 Å². The molecule has 2 rings (SSSR count). The molecule has 0 aliphatic carbocycles. The van der Waals surface area contributed by atoms with Gasteiger partial charge in [-0.3, -0.25) is 0 Å². The zero-order chi connectivity index (χ0) is 20.4. The molecule has 2 amide bonds. The molecular weight excluding hydrogens is 382 g/mol. The fraction of sp³-hybridized carbons (Fsp3) is 0.158. The summed E-state index contributed by atoms with van der Waals surface area (Å²) in [6.45, 7) is 4.65. The highest BCUT2D eigenvalue weighted by Crippen LogP contribution is 2.28. The number of halogens is 1. The van der Waals surface area contributed by atoms with Crippen LogP contribution in [-0.2, 0) is 0 Å². The van der Waals surface area contributed by atoms with Gasteiger partial charge >= 0.3 is 6.03 Å². The van der Waals surface area contributed by atoms with Crippen LogP contribution in [0.25, 0.3) is 0 Å². The van der Waals surface area contributed by atoms with Crippen molar-refractivity contribution >= 4 is 40.9 Å². The second-order valence-corrected chi connectivity index (χ2v) is 6.11. The number of rotatable bonds is 9. The van der Waals surface area contributed by atoms with Crippen LogP contribution in [0.2, 0.25) is 5.02 Å². The molecule has 0 radical (unpaired) electrons. The molecule has 28 heavy (non-hydrogen) atoms. The molecule has 8 nitrogen and oxygen atoms in total. The van der Waals surface area contributed by atoms with Crippen LogP contribution in [-0.4, -0.2) is 25.4 Å². The van der Waals surface area contributed by atoms with Crippen molar-refractivity contribution in [1.29, 1.82) is 0 Å². The first-order valence-electron chi connectivity index (χ1n) is 8.51. The van der Waals surface area contributed by atoms with Crippen molar-refractivity contribution in [1.82, 2.24) is 5.32 Å². The Labute approximate surface area is 168 Å². The van der Waals surface area contributed by atoms with Crippen molar-refractivity contribution in [3.63, 3.8) is 0 Å². The average Bonchev–Trinajstić information content (AvgIpc) is 2.68. The summed E-state index contributed by atoms with van der Waals surface area (Å²) >= 11 is 6.00. The fourth-order valence-electron chi connectivity index (χ4n) is 2.18. The molecule has 0 aliphatic heterocycles. The molecule has 0 fully saturated rings.